The van der Waals surface area contributed by atoms with Crippen LogP contribution >= 0.6 is 11.6 Å². The van der Waals surface area contributed by atoms with Crippen LogP contribution in [0.1, 0.15) is 16.7 Å². The molecule has 0 spiro atoms. The van der Waals surface area contributed by atoms with E-state index in [0.29, 0.717) is 23.7 Å². The van der Waals surface area contributed by atoms with Crippen LogP contribution in [0.2, 0.25) is 5.02 Å². The summed E-state index contributed by atoms with van der Waals surface area (Å²) < 4.78 is 52.6. The summed E-state index contributed by atoms with van der Waals surface area (Å²) in [5.41, 5.74) is 2.99. The number of nitrogens with zero attached hydrogens (tertiary/aromatic N) is 1. The van der Waals surface area contributed by atoms with Gasteiger partial charge in [-0.3, -0.25) is 4.72 Å². The van der Waals surface area contributed by atoms with Crippen molar-refractivity contribution in [2.75, 3.05) is 17.5 Å². The molecule has 6 nitrogen and oxygen atoms in total. The number of hydrogen-bond acceptors (Lipinski definition) is 4. The fourth-order valence-electron chi connectivity index (χ4n) is 2.83. The van der Waals surface area contributed by atoms with Gasteiger partial charge in [-0.15, -0.1) is 0 Å². The maximum Gasteiger partial charge on any atom is 0.261 e. The monoisotopic (exact) mass is 414 g/mol. The molecule has 3 rings (SSSR count). The lowest BCUT2D eigenvalue weighted by Gasteiger charge is -2.27. The van der Waals surface area contributed by atoms with E-state index < -0.39 is 20.0 Å². The van der Waals surface area contributed by atoms with Crippen LogP contribution < -0.4 is 4.72 Å². The standard InChI is InChI=1S/C17H19ClN2O4S2/c1-12-3-6-16(10-17(12)18)26(23,24)19-15-5-4-13-7-8-20(25(2,21)22)11-14(13)9-15/h3-6,9-10,19H,7-8,11H2,1-2H3. The van der Waals surface area contributed by atoms with Gasteiger partial charge in [0.15, 0.2) is 0 Å². The van der Waals surface area contributed by atoms with Crippen LogP contribution in [0, 0.1) is 6.92 Å². The second-order valence-corrected chi connectivity index (χ2v) is 10.4. The van der Waals surface area contributed by atoms with E-state index >= 15 is 0 Å². The number of halogens is 1. The lowest BCUT2D eigenvalue weighted by molar-refractivity contribution is 0.395. The van der Waals surface area contributed by atoms with Crippen LogP contribution in [0.4, 0.5) is 5.69 Å². The number of anilines is 1. The lowest BCUT2D eigenvalue weighted by atomic mass is 10.0. The van der Waals surface area contributed by atoms with Gasteiger partial charge in [0.05, 0.1) is 11.2 Å². The predicted octanol–water partition coefficient (Wildman–Crippen LogP) is 2.77. The van der Waals surface area contributed by atoms with Crippen LogP contribution in [0.15, 0.2) is 41.3 Å². The molecular formula is C17H19ClN2O4S2. The van der Waals surface area contributed by atoms with Gasteiger partial charge in [0, 0.05) is 23.8 Å². The molecular weight excluding hydrogens is 396 g/mol. The molecule has 0 radical (unpaired) electrons. The number of hydrogen-bond donors (Lipinski definition) is 1. The van der Waals surface area contributed by atoms with Crippen molar-refractivity contribution in [2.24, 2.45) is 0 Å². The number of nitrogens with one attached hydrogen (secondary N) is 1. The summed E-state index contributed by atoms with van der Waals surface area (Å²) in [5.74, 6) is 0. The fourth-order valence-corrected chi connectivity index (χ4v) is 4.95. The van der Waals surface area contributed by atoms with Gasteiger partial charge in [0.1, 0.15) is 0 Å². The number of fused-ring (bicyclic) bond motifs is 1. The van der Waals surface area contributed by atoms with Gasteiger partial charge in [0.25, 0.3) is 10.0 Å². The Kier molecular flexibility index (Phi) is 5.04. The quantitative estimate of drug-likeness (QED) is 0.833. The third-order valence-electron chi connectivity index (χ3n) is 4.36. The van der Waals surface area contributed by atoms with Crippen molar-refractivity contribution in [3.8, 4) is 0 Å². The molecule has 9 heteroatoms. The maximum absolute atomic E-state index is 12.6. The highest BCUT2D eigenvalue weighted by atomic mass is 35.5. The van der Waals surface area contributed by atoms with Gasteiger partial charge in [-0.25, -0.2) is 16.8 Å². The number of rotatable bonds is 4. The Hall–Kier alpha value is -1.61. The van der Waals surface area contributed by atoms with E-state index in [1.807, 2.05) is 6.07 Å². The zero-order valence-corrected chi connectivity index (χ0v) is 16.7. The first-order valence-electron chi connectivity index (χ1n) is 7.92. The van der Waals surface area contributed by atoms with E-state index in [2.05, 4.69) is 4.72 Å². The molecule has 1 N–H and O–H groups in total. The summed E-state index contributed by atoms with van der Waals surface area (Å²) in [7, 11) is -7.08. The largest absolute Gasteiger partial charge is 0.280 e. The molecule has 0 saturated heterocycles. The normalized spacial score (nSPS) is 15.5. The zero-order chi connectivity index (χ0) is 19.1. The molecule has 0 unspecified atom stereocenters. The molecule has 1 aliphatic heterocycles. The van der Waals surface area contributed by atoms with E-state index in [4.69, 9.17) is 11.6 Å². The molecule has 0 amide bonds. The third kappa shape index (κ3) is 4.03. The highest BCUT2D eigenvalue weighted by Gasteiger charge is 2.24. The van der Waals surface area contributed by atoms with Crippen LogP contribution in [0.5, 0.6) is 0 Å². The summed E-state index contributed by atoms with van der Waals surface area (Å²) in [4.78, 5) is 0.0728. The van der Waals surface area contributed by atoms with Crippen molar-refractivity contribution in [3.05, 3.63) is 58.1 Å². The molecule has 1 heterocycles. The minimum atomic E-state index is -3.79. The molecule has 2 aromatic rings. The predicted molar refractivity (Wildman–Crippen MR) is 102 cm³/mol. The van der Waals surface area contributed by atoms with Gasteiger partial charge < -0.3 is 0 Å². The van der Waals surface area contributed by atoms with E-state index in [9.17, 15) is 16.8 Å². The molecule has 0 bridgehead atoms. The van der Waals surface area contributed by atoms with Gasteiger partial charge in [-0.05, 0) is 54.3 Å². The molecule has 0 fully saturated rings. The Balaban J connectivity index is 1.88. The Morgan fingerprint density at radius 1 is 1.04 bits per heavy atom. The lowest BCUT2D eigenvalue weighted by Crippen LogP contribution is -2.35. The molecule has 1 aliphatic rings. The highest BCUT2D eigenvalue weighted by molar-refractivity contribution is 7.92. The van der Waals surface area contributed by atoms with Gasteiger partial charge >= 0.3 is 0 Å². The topological polar surface area (TPSA) is 83.6 Å². The fraction of sp³-hybridized carbons (Fsp3) is 0.294. The average Bonchev–Trinajstić information content (AvgIpc) is 2.55. The van der Waals surface area contributed by atoms with E-state index in [0.717, 1.165) is 16.7 Å². The average molecular weight is 415 g/mol. The van der Waals surface area contributed by atoms with Crippen molar-refractivity contribution in [2.45, 2.75) is 24.8 Å². The van der Waals surface area contributed by atoms with Crippen molar-refractivity contribution >= 4 is 37.3 Å². The minimum Gasteiger partial charge on any atom is -0.280 e. The van der Waals surface area contributed by atoms with Crippen LogP contribution in [-0.4, -0.2) is 33.9 Å². The summed E-state index contributed by atoms with van der Waals surface area (Å²) in [6.07, 6.45) is 1.77. The zero-order valence-electron chi connectivity index (χ0n) is 14.4. The van der Waals surface area contributed by atoms with E-state index in [-0.39, 0.29) is 11.4 Å². The Bertz CT molecular complexity index is 1070. The summed E-state index contributed by atoms with van der Waals surface area (Å²) in [5, 5.41) is 0.377. The smallest absolute Gasteiger partial charge is 0.261 e. The van der Waals surface area contributed by atoms with E-state index in [1.165, 1.54) is 22.7 Å². The molecule has 0 aliphatic carbocycles. The Labute approximate surface area is 158 Å². The molecule has 26 heavy (non-hydrogen) atoms. The number of benzene rings is 2. The first kappa shape index (κ1) is 19.2. The van der Waals surface area contributed by atoms with E-state index in [1.54, 1.807) is 25.1 Å². The minimum absolute atomic E-state index is 0.0728. The first-order chi connectivity index (χ1) is 12.1. The summed E-state index contributed by atoms with van der Waals surface area (Å²) in [6, 6.07) is 9.74. The second-order valence-electron chi connectivity index (χ2n) is 6.35. The summed E-state index contributed by atoms with van der Waals surface area (Å²) >= 11 is 6.02. The molecule has 0 saturated carbocycles. The molecule has 2 aromatic carbocycles. The third-order valence-corrected chi connectivity index (χ3v) is 7.39. The Morgan fingerprint density at radius 3 is 2.42 bits per heavy atom. The van der Waals surface area contributed by atoms with Crippen molar-refractivity contribution in [1.82, 2.24) is 4.31 Å². The van der Waals surface area contributed by atoms with Gasteiger partial charge in [0.2, 0.25) is 10.0 Å². The summed E-state index contributed by atoms with van der Waals surface area (Å²) in [6.45, 7) is 2.46. The number of aryl methyl sites for hydroxylation is 1. The van der Waals surface area contributed by atoms with Crippen LogP contribution in [0.25, 0.3) is 0 Å². The van der Waals surface area contributed by atoms with Crippen LogP contribution in [0.3, 0.4) is 0 Å². The first-order valence-corrected chi connectivity index (χ1v) is 11.6. The second kappa shape index (κ2) is 6.84. The SMILES string of the molecule is Cc1ccc(S(=O)(=O)Nc2ccc3c(c2)CN(S(C)(=O)=O)CC3)cc1Cl. The van der Waals surface area contributed by atoms with Gasteiger partial charge in [-0.2, -0.15) is 4.31 Å². The van der Waals surface area contributed by atoms with Crippen LogP contribution in [-0.2, 0) is 33.0 Å². The van der Waals surface area contributed by atoms with Crippen molar-refractivity contribution in [3.63, 3.8) is 0 Å². The molecule has 140 valence electrons. The molecule has 0 atom stereocenters. The Morgan fingerprint density at radius 2 is 1.77 bits per heavy atom. The highest BCUT2D eigenvalue weighted by Crippen LogP contribution is 2.26. The van der Waals surface area contributed by atoms with Crippen molar-refractivity contribution in [1.29, 1.82) is 0 Å². The number of sulfonamides is 2. The van der Waals surface area contributed by atoms with Gasteiger partial charge in [-0.1, -0.05) is 23.7 Å². The van der Waals surface area contributed by atoms with Crippen molar-refractivity contribution < 1.29 is 16.8 Å². The molecule has 0 aromatic heterocycles. The maximum atomic E-state index is 12.6.